The fourth-order valence-corrected chi connectivity index (χ4v) is 9.07. The van der Waals surface area contributed by atoms with E-state index in [-0.39, 0.29) is 0 Å². The summed E-state index contributed by atoms with van der Waals surface area (Å²) in [5.41, 5.74) is 11.9. The molecular weight excluding hydrogens is 699 g/mol. The summed E-state index contributed by atoms with van der Waals surface area (Å²) in [5, 5.41) is 12.4. The van der Waals surface area contributed by atoms with Gasteiger partial charge in [0.1, 0.15) is 0 Å². The number of nitrogens with zero attached hydrogens (tertiary/aromatic N) is 1. The summed E-state index contributed by atoms with van der Waals surface area (Å²) in [6.45, 7) is 2.16. The van der Waals surface area contributed by atoms with Crippen molar-refractivity contribution in [3.05, 3.63) is 224 Å². The van der Waals surface area contributed by atoms with Gasteiger partial charge in [-0.1, -0.05) is 181 Å². The third-order valence-corrected chi connectivity index (χ3v) is 11.8. The molecule has 0 heterocycles. The monoisotopic (exact) mass is 737 g/mol. The van der Waals surface area contributed by atoms with Crippen molar-refractivity contribution in [1.29, 1.82) is 0 Å². The maximum atomic E-state index is 2.44. The second-order valence-electron chi connectivity index (χ2n) is 15.4. The zero-order valence-corrected chi connectivity index (χ0v) is 32.2. The summed E-state index contributed by atoms with van der Waals surface area (Å²) in [7, 11) is 0. The smallest absolute Gasteiger partial charge is 0.0468 e. The molecule has 0 N–H and O–H groups in total. The highest BCUT2D eigenvalue weighted by Crippen LogP contribution is 2.50. The van der Waals surface area contributed by atoms with Gasteiger partial charge in [-0.15, -0.1) is 0 Å². The van der Waals surface area contributed by atoms with Crippen molar-refractivity contribution in [2.75, 3.05) is 4.90 Å². The van der Waals surface area contributed by atoms with Crippen molar-refractivity contribution in [3.8, 4) is 33.4 Å². The van der Waals surface area contributed by atoms with Gasteiger partial charge in [-0.25, -0.2) is 0 Å². The molecule has 272 valence electrons. The van der Waals surface area contributed by atoms with Crippen molar-refractivity contribution < 1.29 is 0 Å². The molecule has 0 bridgehead atoms. The molecule has 0 aromatic heterocycles. The zero-order valence-electron chi connectivity index (χ0n) is 32.2. The first kappa shape index (κ1) is 33.8. The van der Waals surface area contributed by atoms with Crippen LogP contribution in [0.5, 0.6) is 0 Å². The molecule has 0 aliphatic carbocycles. The number of aryl methyl sites for hydroxylation is 1. The highest BCUT2D eigenvalue weighted by Gasteiger charge is 2.23. The lowest BCUT2D eigenvalue weighted by atomic mass is 9.81. The molecule has 0 saturated heterocycles. The van der Waals surface area contributed by atoms with Crippen LogP contribution >= 0.6 is 0 Å². The van der Waals surface area contributed by atoms with Gasteiger partial charge in [0.05, 0.1) is 0 Å². The lowest BCUT2D eigenvalue weighted by molar-refractivity contribution is 1.30. The SMILES string of the molecule is Cc1ccc(-c2cc(-c3ccccc3)c3c4ccccc4c4cc(N(c5ccc6ccccc6c5)c5ccc6ccccc6c5)ccc4c3c2-c2ccccc2)cc1. The molecule has 0 aliphatic rings. The molecule has 0 unspecified atom stereocenters. The van der Waals surface area contributed by atoms with Crippen LogP contribution in [0, 0.1) is 6.92 Å². The number of hydrogen-bond acceptors (Lipinski definition) is 1. The van der Waals surface area contributed by atoms with E-state index in [9.17, 15) is 0 Å². The molecule has 11 aromatic rings. The molecule has 1 heteroatoms. The van der Waals surface area contributed by atoms with E-state index < -0.39 is 0 Å². The Hall–Kier alpha value is -7.48. The Morgan fingerprint density at radius 2 is 0.776 bits per heavy atom. The third-order valence-electron chi connectivity index (χ3n) is 11.8. The molecular formula is C57H39N. The molecule has 11 rings (SSSR count). The van der Waals surface area contributed by atoms with Crippen LogP contribution in [0.25, 0.3) is 87.2 Å². The molecule has 11 aromatic carbocycles. The topological polar surface area (TPSA) is 3.24 Å². The van der Waals surface area contributed by atoms with E-state index >= 15 is 0 Å². The van der Waals surface area contributed by atoms with Gasteiger partial charge < -0.3 is 4.90 Å². The first-order valence-corrected chi connectivity index (χ1v) is 20.1. The van der Waals surface area contributed by atoms with E-state index in [4.69, 9.17) is 0 Å². The minimum absolute atomic E-state index is 1.11. The van der Waals surface area contributed by atoms with Crippen molar-refractivity contribution in [2.24, 2.45) is 0 Å². The van der Waals surface area contributed by atoms with Crippen molar-refractivity contribution in [1.82, 2.24) is 0 Å². The largest absolute Gasteiger partial charge is 0.310 e. The van der Waals surface area contributed by atoms with E-state index in [0.29, 0.717) is 0 Å². The summed E-state index contributed by atoms with van der Waals surface area (Å²) in [5.74, 6) is 0. The van der Waals surface area contributed by atoms with Gasteiger partial charge in [0, 0.05) is 17.1 Å². The van der Waals surface area contributed by atoms with Crippen LogP contribution in [0.2, 0.25) is 0 Å². The average Bonchev–Trinajstić information content (AvgIpc) is 3.29. The first-order chi connectivity index (χ1) is 28.7. The number of benzene rings is 11. The lowest BCUT2D eigenvalue weighted by Crippen LogP contribution is -2.10. The normalized spacial score (nSPS) is 11.5. The minimum Gasteiger partial charge on any atom is -0.310 e. The van der Waals surface area contributed by atoms with Gasteiger partial charge >= 0.3 is 0 Å². The van der Waals surface area contributed by atoms with E-state index in [1.54, 1.807) is 0 Å². The Kier molecular flexibility index (Phi) is 8.12. The third kappa shape index (κ3) is 5.71. The average molecular weight is 738 g/mol. The van der Waals surface area contributed by atoms with E-state index in [0.717, 1.165) is 17.1 Å². The second-order valence-corrected chi connectivity index (χ2v) is 15.4. The fraction of sp³-hybridized carbons (Fsp3) is 0.0175. The Labute approximate surface area is 338 Å². The van der Waals surface area contributed by atoms with Crippen molar-refractivity contribution in [2.45, 2.75) is 6.92 Å². The molecule has 0 radical (unpaired) electrons. The predicted molar refractivity (Wildman–Crippen MR) is 250 cm³/mol. The standard InChI is InChI=1S/C57H39N/c1-38-24-26-42(27-25-38)52-37-53(41-16-4-2-5-17-41)56-50-23-13-12-22-49(50)54-36-48(32-33-51(54)57(56)55(52)43-18-6-3-7-19-43)58(46-30-28-39-14-8-10-20-44(39)34-46)47-31-29-40-15-9-11-21-45(40)35-47/h2-37H,1H3. The van der Waals surface area contributed by atoms with Crippen LogP contribution < -0.4 is 4.90 Å². The summed E-state index contributed by atoms with van der Waals surface area (Å²) < 4.78 is 0. The summed E-state index contributed by atoms with van der Waals surface area (Å²) in [4.78, 5) is 2.42. The summed E-state index contributed by atoms with van der Waals surface area (Å²) in [6.07, 6.45) is 0. The van der Waals surface area contributed by atoms with Gasteiger partial charge in [0.25, 0.3) is 0 Å². The Balaban J connectivity index is 1.27. The predicted octanol–water partition coefficient (Wildman–Crippen LogP) is 16.2. The zero-order chi connectivity index (χ0) is 38.6. The minimum atomic E-state index is 1.11. The van der Waals surface area contributed by atoms with Gasteiger partial charge in [0.2, 0.25) is 0 Å². The van der Waals surface area contributed by atoms with Gasteiger partial charge in [-0.3, -0.25) is 0 Å². The van der Waals surface area contributed by atoms with Crippen molar-refractivity contribution >= 4 is 70.9 Å². The Morgan fingerprint density at radius 1 is 0.293 bits per heavy atom. The van der Waals surface area contributed by atoms with E-state index in [1.807, 2.05) is 0 Å². The van der Waals surface area contributed by atoms with Crippen LogP contribution in [0.1, 0.15) is 5.56 Å². The molecule has 0 saturated carbocycles. The summed E-state index contributed by atoms with van der Waals surface area (Å²) in [6, 6.07) is 80.4. The van der Waals surface area contributed by atoms with E-state index in [2.05, 4.69) is 230 Å². The Morgan fingerprint density at radius 3 is 1.41 bits per heavy atom. The molecule has 0 fully saturated rings. The molecule has 1 nitrogen and oxygen atoms in total. The maximum Gasteiger partial charge on any atom is 0.0468 e. The van der Waals surface area contributed by atoms with Crippen LogP contribution in [0.3, 0.4) is 0 Å². The van der Waals surface area contributed by atoms with Crippen LogP contribution in [-0.4, -0.2) is 0 Å². The molecule has 0 amide bonds. The van der Waals surface area contributed by atoms with Crippen LogP contribution in [-0.2, 0) is 0 Å². The first-order valence-electron chi connectivity index (χ1n) is 20.1. The van der Waals surface area contributed by atoms with Gasteiger partial charge in [-0.05, 0) is 137 Å². The summed E-state index contributed by atoms with van der Waals surface area (Å²) >= 11 is 0. The highest BCUT2D eigenvalue weighted by atomic mass is 15.1. The lowest BCUT2D eigenvalue weighted by Gasteiger charge is -2.27. The highest BCUT2D eigenvalue weighted by molar-refractivity contribution is 6.33. The maximum absolute atomic E-state index is 2.44. The number of fused-ring (bicyclic) bond motifs is 8. The fourth-order valence-electron chi connectivity index (χ4n) is 9.07. The number of rotatable bonds is 6. The van der Waals surface area contributed by atoms with E-state index in [1.165, 1.54) is 92.8 Å². The van der Waals surface area contributed by atoms with Gasteiger partial charge in [-0.2, -0.15) is 0 Å². The van der Waals surface area contributed by atoms with Crippen LogP contribution in [0.4, 0.5) is 17.1 Å². The Bertz CT molecular complexity index is 3250. The number of hydrogen-bond donors (Lipinski definition) is 0. The van der Waals surface area contributed by atoms with Crippen molar-refractivity contribution in [3.63, 3.8) is 0 Å². The second kappa shape index (κ2) is 13.9. The molecule has 0 spiro atoms. The number of anilines is 3. The molecule has 58 heavy (non-hydrogen) atoms. The quantitative estimate of drug-likeness (QED) is 0.154. The molecule has 0 aliphatic heterocycles. The van der Waals surface area contributed by atoms with Gasteiger partial charge in [0.15, 0.2) is 0 Å². The molecule has 0 atom stereocenters. The van der Waals surface area contributed by atoms with Crippen LogP contribution in [0.15, 0.2) is 218 Å².